The highest BCUT2D eigenvalue weighted by Crippen LogP contribution is 2.20. The maximum Gasteiger partial charge on any atom is 0.0248 e. The molecule has 3 heteroatoms. The van der Waals surface area contributed by atoms with Gasteiger partial charge in [-0.3, -0.25) is 4.90 Å². The van der Waals surface area contributed by atoms with Gasteiger partial charge in [0.25, 0.3) is 0 Å². The molecular weight excluding hydrogens is 276 g/mol. The second-order valence-electron chi connectivity index (χ2n) is 4.15. The molecule has 1 aromatic rings. The second-order valence-corrected chi connectivity index (χ2v) is 5.01. The Morgan fingerprint density at radius 3 is 2.76 bits per heavy atom. The van der Waals surface area contributed by atoms with Gasteiger partial charge in [-0.15, -0.1) is 6.58 Å². The van der Waals surface area contributed by atoms with E-state index in [9.17, 15) is 0 Å². The Kier molecular flexibility index (Phi) is 6.48. The van der Waals surface area contributed by atoms with Crippen LogP contribution in [0.15, 0.2) is 35.3 Å². The molecule has 0 aromatic heterocycles. The molecule has 0 aliphatic heterocycles. The van der Waals surface area contributed by atoms with Crippen molar-refractivity contribution in [2.45, 2.75) is 26.4 Å². The van der Waals surface area contributed by atoms with Gasteiger partial charge in [-0.25, -0.2) is 0 Å². The Hall–Kier alpha value is -0.640. The zero-order valence-electron chi connectivity index (χ0n) is 10.5. The van der Waals surface area contributed by atoms with Crippen LogP contribution < -0.4 is 5.73 Å². The van der Waals surface area contributed by atoms with E-state index in [0.717, 1.165) is 36.1 Å². The molecule has 17 heavy (non-hydrogen) atoms. The van der Waals surface area contributed by atoms with Crippen molar-refractivity contribution < 1.29 is 0 Å². The Labute approximate surface area is 113 Å². The van der Waals surface area contributed by atoms with Crippen LogP contribution in [0.5, 0.6) is 0 Å². The van der Waals surface area contributed by atoms with Crippen molar-refractivity contribution in [3.8, 4) is 0 Å². The number of nitrogens with two attached hydrogens (primary N) is 1. The second kappa shape index (κ2) is 7.64. The summed E-state index contributed by atoms with van der Waals surface area (Å²) in [4.78, 5) is 2.38. The van der Waals surface area contributed by atoms with Gasteiger partial charge < -0.3 is 5.73 Å². The lowest BCUT2D eigenvalue weighted by molar-refractivity contribution is 0.294. The van der Waals surface area contributed by atoms with Crippen molar-refractivity contribution in [2.24, 2.45) is 5.73 Å². The molecule has 0 spiro atoms. The predicted molar refractivity (Wildman–Crippen MR) is 77.8 cm³/mol. The number of rotatable bonds is 7. The lowest BCUT2D eigenvalue weighted by atomic mass is 10.1. The van der Waals surface area contributed by atoms with Crippen LogP contribution in [-0.2, 0) is 13.1 Å². The van der Waals surface area contributed by atoms with Crippen molar-refractivity contribution in [3.05, 3.63) is 46.5 Å². The fourth-order valence-electron chi connectivity index (χ4n) is 1.82. The molecule has 0 saturated heterocycles. The fraction of sp³-hybridized carbons (Fsp3) is 0.429. The standard InChI is InChI=1S/C14H21BrN2/c1-3-7-17(8-4-2)11-13-6-5-12(10-16)9-14(13)15/h3,5-6,9H,1,4,7-8,10-11,16H2,2H3. The Bertz CT molecular complexity index is 363. The van der Waals surface area contributed by atoms with Gasteiger partial charge in [0.1, 0.15) is 0 Å². The van der Waals surface area contributed by atoms with Crippen LogP contribution in [0.3, 0.4) is 0 Å². The van der Waals surface area contributed by atoms with Gasteiger partial charge in [0.2, 0.25) is 0 Å². The number of hydrogen-bond donors (Lipinski definition) is 1. The summed E-state index contributed by atoms with van der Waals surface area (Å²) in [5, 5.41) is 0. The third-order valence-corrected chi connectivity index (χ3v) is 3.41. The third-order valence-electron chi connectivity index (χ3n) is 2.67. The van der Waals surface area contributed by atoms with Gasteiger partial charge in [-0.05, 0) is 30.2 Å². The molecule has 0 saturated carbocycles. The highest BCUT2D eigenvalue weighted by atomic mass is 79.9. The van der Waals surface area contributed by atoms with Crippen molar-refractivity contribution >= 4 is 15.9 Å². The van der Waals surface area contributed by atoms with Crippen LogP contribution in [0.4, 0.5) is 0 Å². The quantitative estimate of drug-likeness (QED) is 0.782. The van der Waals surface area contributed by atoms with Crippen LogP contribution in [0, 0.1) is 0 Å². The maximum atomic E-state index is 5.62. The summed E-state index contributed by atoms with van der Waals surface area (Å²) in [6.45, 7) is 9.56. The number of nitrogens with zero attached hydrogens (tertiary/aromatic N) is 1. The van der Waals surface area contributed by atoms with Crippen LogP contribution in [0.1, 0.15) is 24.5 Å². The van der Waals surface area contributed by atoms with Crippen LogP contribution in [0.25, 0.3) is 0 Å². The third kappa shape index (κ3) is 4.62. The SMILES string of the molecule is C=CCN(CCC)Cc1ccc(CN)cc1Br. The highest BCUT2D eigenvalue weighted by Gasteiger charge is 2.06. The molecule has 2 N–H and O–H groups in total. The van der Waals surface area contributed by atoms with Crippen LogP contribution in [0.2, 0.25) is 0 Å². The van der Waals surface area contributed by atoms with Gasteiger partial charge in [-0.1, -0.05) is 41.1 Å². The minimum atomic E-state index is 0.588. The first-order valence-corrected chi connectivity index (χ1v) is 6.81. The summed E-state index contributed by atoms with van der Waals surface area (Å²) in [6.07, 6.45) is 3.12. The molecule has 0 radical (unpaired) electrons. The zero-order chi connectivity index (χ0) is 12.7. The summed E-state index contributed by atoms with van der Waals surface area (Å²) < 4.78 is 1.14. The van der Waals surface area contributed by atoms with Crippen molar-refractivity contribution in [2.75, 3.05) is 13.1 Å². The zero-order valence-corrected chi connectivity index (χ0v) is 12.0. The molecule has 0 heterocycles. The Morgan fingerprint density at radius 2 is 2.24 bits per heavy atom. The van der Waals surface area contributed by atoms with Gasteiger partial charge in [0.05, 0.1) is 0 Å². The maximum absolute atomic E-state index is 5.62. The molecule has 0 unspecified atom stereocenters. The minimum absolute atomic E-state index is 0.588. The van der Waals surface area contributed by atoms with Crippen molar-refractivity contribution in [1.82, 2.24) is 4.90 Å². The van der Waals surface area contributed by atoms with E-state index in [4.69, 9.17) is 5.73 Å². The molecule has 0 bridgehead atoms. The Balaban J connectivity index is 2.74. The molecule has 0 fully saturated rings. The van der Waals surface area contributed by atoms with E-state index >= 15 is 0 Å². The first-order chi connectivity index (χ1) is 8.21. The highest BCUT2D eigenvalue weighted by molar-refractivity contribution is 9.10. The topological polar surface area (TPSA) is 29.3 Å². The van der Waals surface area contributed by atoms with E-state index < -0.39 is 0 Å². The molecule has 94 valence electrons. The first-order valence-electron chi connectivity index (χ1n) is 6.01. The number of hydrogen-bond acceptors (Lipinski definition) is 2. The predicted octanol–water partition coefficient (Wildman–Crippen LogP) is 3.31. The van der Waals surface area contributed by atoms with Crippen molar-refractivity contribution in [3.63, 3.8) is 0 Å². The summed E-state index contributed by atoms with van der Waals surface area (Å²) in [7, 11) is 0. The number of benzene rings is 1. The molecule has 0 amide bonds. The Morgan fingerprint density at radius 1 is 1.47 bits per heavy atom. The first kappa shape index (κ1) is 14.4. The smallest absolute Gasteiger partial charge is 0.0248 e. The van der Waals surface area contributed by atoms with Gasteiger partial charge >= 0.3 is 0 Å². The average Bonchev–Trinajstić information content (AvgIpc) is 2.32. The van der Waals surface area contributed by atoms with Crippen LogP contribution in [-0.4, -0.2) is 18.0 Å². The minimum Gasteiger partial charge on any atom is -0.326 e. The molecule has 0 aliphatic rings. The van der Waals surface area contributed by atoms with Crippen molar-refractivity contribution in [1.29, 1.82) is 0 Å². The molecule has 2 nitrogen and oxygen atoms in total. The summed E-state index contributed by atoms with van der Waals surface area (Å²) in [6, 6.07) is 6.35. The van der Waals surface area contributed by atoms with E-state index in [1.54, 1.807) is 0 Å². The molecular formula is C14H21BrN2. The normalized spacial score (nSPS) is 10.8. The van der Waals surface area contributed by atoms with E-state index in [1.165, 1.54) is 5.56 Å². The van der Waals surface area contributed by atoms with Gasteiger partial charge in [0.15, 0.2) is 0 Å². The van der Waals surface area contributed by atoms with E-state index in [-0.39, 0.29) is 0 Å². The summed E-state index contributed by atoms with van der Waals surface area (Å²) in [5.74, 6) is 0. The number of halogens is 1. The lowest BCUT2D eigenvalue weighted by Crippen LogP contribution is -2.24. The summed E-state index contributed by atoms with van der Waals surface area (Å²) in [5.41, 5.74) is 8.08. The summed E-state index contributed by atoms with van der Waals surface area (Å²) >= 11 is 3.61. The van der Waals surface area contributed by atoms with E-state index in [0.29, 0.717) is 6.54 Å². The van der Waals surface area contributed by atoms with Crippen LogP contribution >= 0.6 is 15.9 Å². The average molecular weight is 297 g/mol. The molecule has 0 aliphatic carbocycles. The van der Waals surface area contributed by atoms with Gasteiger partial charge in [0, 0.05) is 24.1 Å². The van der Waals surface area contributed by atoms with E-state index in [1.807, 2.05) is 6.08 Å². The largest absolute Gasteiger partial charge is 0.326 e. The fourth-order valence-corrected chi connectivity index (χ4v) is 2.37. The van der Waals surface area contributed by atoms with Gasteiger partial charge in [-0.2, -0.15) is 0 Å². The lowest BCUT2D eigenvalue weighted by Gasteiger charge is -2.20. The van der Waals surface area contributed by atoms with E-state index in [2.05, 4.69) is 52.5 Å². The molecule has 1 aromatic carbocycles. The monoisotopic (exact) mass is 296 g/mol. The molecule has 1 rings (SSSR count). The molecule has 0 atom stereocenters.